The van der Waals surface area contributed by atoms with Crippen LogP contribution >= 0.6 is 0 Å². The molecule has 33 heavy (non-hydrogen) atoms. The normalized spacial score (nSPS) is 17.4. The van der Waals surface area contributed by atoms with Crippen LogP contribution in [0.15, 0.2) is 18.2 Å². The predicted octanol–water partition coefficient (Wildman–Crippen LogP) is -0.515. The Morgan fingerprint density at radius 2 is 1.79 bits per heavy atom. The van der Waals surface area contributed by atoms with Crippen LogP contribution in [-0.4, -0.2) is 73.9 Å². The van der Waals surface area contributed by atoms with Crippen LogP contribution < -0.4 is 20.7 Å². The minimum Gasteiger partial charge on any atom is -0.483 e. The van der Waals surface area contributed by atoms with Gasteiger partial charge in [-0.2, -0.15) is 0 Å². The average Bonchev–Trinajstić information content (AvgIpc) is 3.12. The molecule has 0 spiro atoms. The molecule has 11 nitrogen and oxygen atoms in total. The SMILES string of the molecule is COCC(=O)NCCCCNC(=O)COc1cccc2c1CN(C1CCC(=O)NC1=O)C2=O. The molecular weight excluding hydrogens is 432 g/mol. The lowest BCUT2D eigenvalue weighted by Gasteiger charge is -2.29. The Bertz CT molecular complexity index is 933. The highest BCUT2D eigenvalue weighted by Crippen LogP contribution is 2.33. The summed E-state index contributed by atoms with van der Waals surface area (Å²) < 4.78 is 10.4. The number of hydrogen-bond acceptors (Lipinski definition) is 7. The van der Waals surface area contributed by atoms with Crippen molar-refractivity contribution < 1.29 is 33.4 Å². The van der Waals surface area contributed by atoms with Crippen molar-refractivity contribution in [3.63, 3.8) is 0 Å². The number of carbonyl (C=O) groups excluding carboxylic acids is 5. The fraction of sp³-hybridized carbons (Fsp3) is 0.500. The zero-order chi connectivity index (χ0) is 23.8. The summed E-state index contributed by atoms with van der Waals surface area (Å²) in [6, 6.07) is 4.28. The van der Waals surface area contributed by atoms with Crippen molar-refractivity contribution in [3.05, 3.63) is 29.3 Å². The molecule has 1 aromatic carbocycles. The Balaban J connectivity index is 1.45. The lowest BCUT2D eigenvalue weighted by molar-refractivity contribution is -0.137. The Hall–Kier alpha value is -3.47. The summed E-state index contributed by atoms with van der Waals surface area (Å²) in [7, 11) is 1.45. The van der Waals surface area contributed by atoms with Crippen LogP contribution in [-0.2, 0) is 30.5 Å². The molecule has 0 aromatic heterocycles. The molecule has 0 bridgehead atoms. The summed E-state index contributed by atoms with van der Waals surface area (Å²) >= 11 is 0. The van der Waals surface area contributed by atoms with E-state index in [1.54, 1.807) is 18.2 Å². The van der Waals surface area contributed by atoms with Crippen molar-refractivity contribution in [1.29, 1.82) is 0 Å². The smallest absolute Gasteiger partial charge is 0.257 e. The average molecular weight is 460 g/mol. The van der Waals surface area contributed by atoms with E-state index >= 15 is 0 Å². The van der Waals surface area contributed by atoms with Gasteiger partial charge in [0, 0.05) is 37.7 Å². The van der Waals surface area contributed by atoms with Gasteiger partial charge in [0.2, 0.25) is 17.7 Å². The molecule has 3 rings (SSSR count). The van der Waals surface area contributed by atoms with Crippen LogP contribution in [0.25, 0.3) is 0 Å². The predicted molar refractivity (Wildman–Crippen MR) is 115 cm³/mol. The minimum atomic E-state index is -0.710. The van der Waals surface area contributed by atoms with Crippen LogP contribution in [0.3, 0.4) is 0 Å². The van der Waals surface area contributed by atoms with E-state index in [-0.39, 0.29) is 56.2 Å². The summed E-state index contributed by atoms with van der Waals surface area (Å²) in [5.41, 5.74) is 1.04. The molecule has 2 heterocycles. The highest BCUT2D eigenvalue weighted by atomic mass is 16.5. The number of fused-ring (bicyclic) bond motifs is 1. The van der Waals surface area contributed by atoms with Gasteiger partial charge >= 0.3 is 0 Å². The van der Waals surface area contributed by atoms with Crippen LogP contribution in [0.1, 0.15) is 41.6 Å². The second kappa shape index (κ2) is 11.4. The second-order valence-corrected chi connectivity index (χ2v) is 7.81. The number of imide groups is 1. The lowest BCUT2D eigenvalue weighted by atomic mass is 10.0. The summed E-state index contributed by atoms with van der Waals surface area (Å²) in [5.74, 6) is -1.19. The molecule has 1 aromatic rings. The van der Waals surface area contributed by atoms with Gasteiger partial charge in [0.05, 0.1) is 6.54 Å². The number of hydrogen-bond donors (Lipinski definition) is 3. The van der Waals surface area contributed by atoms with Crippen molar-refractivity contribution in [2.45, 2.75) is 38.3 Å². The highest BCUT2D eigenvalue weighted by molar-refractivity contribution is 6.05. The zero-order valence-electron chi connectivity index (χ0n) is 18.5. The Morgan fingerprint density at radius 3 is 2.45 bits per heavy atom. The number of unbranched alkanes of at least 4 members (excludes halogenated alkanes) is 1. The fourth-order valence-electron chi connectivity index (χ4n) is 3.77. The first-order valence-electron chi connectivity index (χ1n) is 10.8. The van der Waals surface area contributed by atoms with Gasteiger partial charge in [-0.05, 0) is 31.4 Å². The summed E-state index contributed by atoms with van der Waals surface area (Å²) in [6.45, 7) is 0.925. The molecule has 1 unspecified atom stereocenters. The molecule has 3 N–H and O–H groups in total. The standard InChI is InChI=1S/C22H28N4O7/c1-32-12-19(28)23-9-2-3-10-24-20(29)13-33-17-6-4-5-14-15(17)11-26(22(14)31)16-7-8-18(27)25-21(16)30/h4-6,16H,2-3,7-13H2,1H3,(H,23,28)(H,24,29)(H,25,27,30). The number of rotatable bonds is 11. The van der Waals surface area contributed by atoms with Crippen molar-refractivity contribution >= 4 is 29.5 Å². The molecule has 1 atom stereocenters. The highest BCUT2D eigenvalue weighted by Gasteiger charge is 2.40. The monoisotopic (exact) mass is 460 g/mol. The van der Waals surface area contributed by atoms with Gasteiger partial charge in [-0.3, -0.25) is 29.3 Å². The molecule has 11 heteroatoms. The van der Waals surface area contributed by atoms with E-state index in [4.69, 9.17) is 9.47 Å². The lowest BCUT2D eigenvalue weighted by Crippen LogP contribution is -2.52. The Kier molecular flexibility index (Phi) is 8.36. The van der Waals surface area contributed by atoms with Gasteiger partial charge in [0.15, 0.2) is 6.61 Å². The molecule has 5 amide bonds. The molecule has 2 aliphatic heterocycles. The van der Waals surface area contributed by atoms with Crippen LogP contribution in [0.2, 0.25) is 0 Å². The van der Waals surface area contributed by atoms with Crippen molar-refractivity contribution in [2.75, 3.05) is 33.4 Å². The number of nitrogens with one attached hydrogen (secondary N) is 3. The number of carbonyl (C=O) groups is 5. The third kappa shape index (κ3) is 6.28. The number of amides is 5. The zero-order valence-corrected chi connectivity index (χ0v) is 18.5. The first-order valence-corrected chi connectivity index (χ1v) is 10.8. The van der Waals surface area contributed by atoms with Crippen LogP contribution in [0.5, 0.6) is 5.75 Å². The molecule has 2 aliphatic rings. The van der Waals surface area contributed by atoms with Crippen LogP contribution in [0, 0.1) is 0 Å². The number of piperidine rings is 1. The van der Waals surface area contributed by atoms with E-state index in [1.165, 1.54) is 12.0 Å². The van der Waals surface area contributed by atoms with E-state index in [9.17, 15) is 24.0 Å². The van der Waals surface area contributed by atoms with E-state index in [2.05, 4.69) is 16.0 Å². The van der Waals surface area contributed by atoms with Crippen molar-refractivity contribution in [2.24, 2.45) is 0 Å². The fourth-order valence-corrected chi connectivity index (χ4v) is 3.77. The maximum atomic E-state index is 12.8. The quantitative estimate of drug-likeness (QED) is 0.298. The Labute approximate surface area is 191 Å². The number of benzene rings is 1. The number of ether oxygens (including phenoxy) is 2. The molecular formula is C22H28N4O7. The minimum absolute atomic E-state index is 0.0220. The largest absolute Gasteiger partial charge is 0.483 e. The molecule has 0 aliphatic carbocycles. The van der Waals surface area contributed by atoms with Gasteiger partial charge in [0.25, 0.3) is 11.8 Å². The van der Waals surface area contributed by atoms with Gasteiger partial charge in [0.1, 0.15) is 18.4 Å². The molecule has 1 fully saturated rings. The maximum Gasteiger partial charge on any atom is 0.257 e. The first-order chi connectivity index (χ1) is 15.9. The number of nitrogens with zero attached hydrogens (tertiary/aromatic N) is 1. The summed E-state index contributed by atoms with van der Waals surface area (Å²) in [4.78, 5) is 61.2. The molecule has 0 saturated carbocycles. The third-order valence-electron chi connectivity index (χ3n) is 5.42. The van der Waals surface area contributed by atoms with Gasteiger partial charge in [-0.25, -0.2) is 0 Å². The molecule has 178 valence electrons. The van der Waals surface area contributed by atoms with Gasteiger partial charge in [-0.15, -0.1) is 0 Å². The summed E-state index contributed by atoms with van der Waals surface area (Å²) in [5, 5.41) is 7.72. The molecule has 0 radical (unpaired) electrons. The second-order valence-electron chi connectivity index (χ2n) is 7.81. The van der Waals surface area contributed by atoms with E-state index in [1.807, 2.05) is 0 Å². The van der Waals surface area contributed by atoms with E-state index < -0.39 is 11.9 Å². The summed E-state index contributed by atoms with van der Waals surface area (Å²) in [6.07, 6.45) is 1.86. The third-order valence-corrected chi connectivity index (χ3v) is 5.42. The first kappa shape index (κ1) is 24.2. The van der Waals surface area contributed by atoms with E-state index in [0.717, 1.165) is 0 Å². The topological polar surface area (TPSA) is 143 Å². The van der Waals surface area contributed by atoms with Crippen molar-refractivity contribution in [1.82, 2.24) is 20.9 Å². The molecule has 1 saturated heterocycles. The number of methoxy groups -OCH3 is 1. The van der Waals surface area contributed by atoms with Crippen molar-refractivity contribution in [3.8, 4) is 5.75 Å². The van der Waals surface area contributed by atoms with Gasteiger partial charge in [-0.1, -0.05) is 6.07 Å². The van der Waals surface area contributed by atoms with Gasteiger partial charge < -0.3 is 25.0 Å². The van der Waals surface area contributed by atoms with Crippen LogP contribution in [0.4, 0.5) is 0 Å². The maximum absolute atomic E-state index is 12.8. The van der Waals surface area contributed by atoms with E-state index in [0.29, 0.717) is 42.8 Å². The Morgan fingerprint density at radius 1 is 1.09 bits per heavy atom.